The van der Waals surface area contributed by atoms with Crippen LogP contribution in [0.25, 0.3) is 0 Å². The Bertz CT molecular complexity index is 555. The molecule has 2 nitrogen and oxygen atoms in total. The minimum atomic E-state index is 0.276. The SMILES string of the molecule is C=C(C)/C=C/[C@@H](CCC(C)=O)C(C)C.CC(=O)CC/C=C(\C)CCC=C(C)C. The van der Waals surface area contributed by atoms with Crippen LogP contribution in [0.5, 0.6) is 0 Å². The lowest BCUT2D eigenvalue weighted by molar-refractivity contribution is -0.117. The maximum Gasteiger partial charge on any atom is 0.130 e. The van der Waals surface area contributed by atoms with Gasteiger partial charge in [0, 0.05) is 12.8 Å². The molecule has 0 N–H and O–H groups in total. The van der Waals surface area contributed by atoms with Crippen molar-refractivity contribution in [3.8, 4) is 0 Å². The van der Waals surface area contributed by atoms with Gasteiger partial charge in [-0.25, -0.2) is 0 Å². The number of allylic oxidation sites excluding steroid dienone is 7. The predicted molar refractivity (Wildman–Crippen MR) is 125 cm³/mol. The van der Waals surface area contributed by atoms with Crippen molar-refractivity contribution in [2.75, 3.05) is 0 Å². The second kappa shape index (κ2) is 17.4. The third kappa shape index (κ3) is 22.3. The lowest BCUT2D eigenvalue weighted by Crippen LogP contribution is -2.07. The Morgan fingerprint density at radius 1 is 0.821 bits per heavy atom. The van der Waals surface area contributed by atoms with E-state index < -0.39 is 0 Å². The van der Waals surface area contributed by atoms with E-state index in [-0.39, 0.29) is 11.6 Å². The average Bonchev–Trinajstić information content (AvgIpc) is 2.53. The highest BCUT2D eigenvalue weighted by Gasteiger charge is 2.10. The number of hydrogen-bond acceptors (Lipinski definition) is 2. The molecule has 0 bridgehead atoms. The molecule has 0 fully saturated rings. The third-order valence-corrected chi connectivity index (χ3v) is 4.39. The first-order chi connectivity index (χ1) is 13.0. The number of Topliss-reactive ketones (excluding diaryl/α,β-unsaturated/α-hetero) is 2. The van der Waals surface area contributed by atoms with Crippen LogP contribution in [0.15, 0.2) is 47.6 Å². The molecule has 1 atom stereocenters. The van der Waals surface area contributed by atoms with Gasteiger partial charge in [-0.15, -0.1) is 0 Å². The van der Waals surface area contributed by atoms with E-state index in [1.54, 1.807) is 13.8 Å². The molecule has 0 rings (SSSR count). The minimum absolute atomic E-state index is 0.276. The molecule has 0 spiro atoms. The van der Waals surface area contributed by atoms with Gasteiger partial charge in [-0.3, -0.25) is 0 Å². The fraction of sp³-hybridized carbons (Fsp3) is 0.615. The summed E-state index contributed by atoms with van der Waals surface area (Å²) in [4.78, 5) is 21.6. The molecule has 2 heteroatoms. The van der Waals surface area contributed by atoms with Crippen molar-refractivity contribution >= 4 is 11.6 Å². The van der Waals surface area contributed by atoms with Crippen molar-refractivity contribution in [1.29, 1.82) is 0 Å². The van der Waals surface area contributed by atoms with Crippen LogP contribution >= 0.6 is 0 Å². The number of carbonyl (C=O) groups is 2. The molecule has 0 aromatic carbocycles. The summed E-state index contributed by atoms with van der Waals surface area (Å²) in [7, 11) is 0. The molecule has 0 saturated carbocycles. The molecule has 0 radical (unpaired) electrons. The molecule has 0 unspecified atom stereocenters. The van der Waals surface area contributed by atoms with Crippen LogP contribution in [0.4, 0.5) is 0 Å². The third-order valence-electron chi connectivity index (χ3n) is 4.39. The van der Waals surface area contributed by atoms with E-state index >= 15 is 0 Å². The first-order valence-corrected chi connectivity index (χ1v) is 10.6. The van der Waals surface area contributed by atoms with Crippen LogP contribution in [0.3, 0.4) is 0 Å². The van der Waals surface area contributed by atoms with Gasteiger partial charge in [0.2, 0.25) is 0 Å². The summed E-state index contributed by atoms with van der Waals surface area (Å²) in [6.45, 7) is 19.9. The van der Waals surface area contributed by atoms with Gasteiger partial charge in [0.1, 0.15) is 11.6 Å². The summed E-state index contributed by atoms with van der Waals surface area (Å²) in [6.07, 6.45) is 14.1. The van der Waals surface area contributed by atoms with Crippen molar-refractivity contribution < 1.29 is 9.59 Å². The summed E-state index contributed by atoms with van der Waals surface area (Å²) < 4.78 is 0. The van der Waals surface area contributed by atoms with Gasteiger partial charge in [0.15, 0.2) is 0 Å². The minimum Gasteiger partial charge on any atom is -0.300 e. The van der Waals surface area contributed by atoms with Gasteiger partial charge in [-0.1, -0.05) is 61.4 Å². The maximum absolute atomic E-state index is 10.9. The average molecular weight is 389 g/mol. The summed E-state index contributed by atoms with van der Waals surface area (Å²) in [5, 5.41) is 0. The highest BCUT2D eigenvalue weighted by Crippen LogP contribution is 2.19. The van der Waals surface area contributed by atoms with Crippen LogP contribution in [0.1, 0.15) is 93.9 Å². The quantitative estimate of drug-likeness (QED) is 0.252. The highest BCUT2D eigenvalue weighted by molar-refractivity contribution is 5.75. The van der Waals surface area contributed by atoms with Crippen molar-refractivity contribution in [1.82, 2.24) is 0 Å². The second-order valence-corrected chi connectivity index (χ2v) is 8.47. The lowest BCUT2D eigenvalue weighted by atomic mass is 9.90. The van der Waals surface area contributed by atoms with Gasteiger partial charge < -0.3 is 9.59 Å². The molecular weight excluding hydrogens is 344 g/mol. The number of rotatable bonds is 12. The molecule has 160 valence electrons. The molecule has 0 aliphatic heterocycles. The fourth-order valence-corrected chi connectivity index (χ4v) is 2.52. The van der Waals surface area contributed by atoms with Crippen molar-refractivity contribution in [2.45, 2.75) is 93.9 Å². The molecular formula is C26H44O2. The van der Waals surface area contributed by atoms with E-state index in [9.17, 15) is 9.59 Å². The summed E-state index contributed by atoms with van der Waals surface area (Å²) in [5.41, 5.74) is 3.84. The molecule has 0 aliphatic carbocycles. The van der Waals surface area contributed by atoms with E-state index in [4.69, 9.17) is 0 Å². The zero-order chi connectivity index (χ0) is 22.1. The summed E-state index contributed by atoms with van der Waals surface area (Å²) >= 11 is 0. The van der Waals surface area contributed by atoms with Crippen molar-refractivity contribution in [3.63, 3.8) is 0 Å². The summed E-state index contributed by atoms with van der Waals surface area (Å²) in [6, 6.07) is 0. The smallest absolute Gasteiger partial charge is 0.130 e. The number of carbonyl (C=O) groups excluding carboxylic acids is 2. The first kappa shape index (κ1) is 28.5. The summed E-state index contributed by atoms with van der Waals surface area (Å²) in [5.74, 6) is 1.64. The largest absolute Gasteiger partial charge is 0.300 e. The van der Waals surface area contributed by atoms with Crippen LogP contribution in [0.2, 0.25) is 0 Å². The zero-order valence-electron chi connectivity index (χ0n) is 19.7. The second-order valence-electron chi connectivity index (χ2n) is 8.47. The van der Waals surface area contributed by atoms with E-state index in [1.165, 1.54) is 11.1 Å². The Kier molecular flexibility index (Phi) is 17.7. The van der Waals surface area contributed by atoms with Crippen LogP contribution < -0.4 is 0 Å². The predicted octanol–water partition coefficient (Wildman–Crippen LogP) is 7.81. The standard InChI is InChI=1S/2C13H22O/c1-10(2)6-8-13(11(3)4)9-7-12(5)14;1-11(2)7-5-8-12(3)9-6-10-13(4)14/h6,8,11,13H,1,7,9H2,2-5H3;7,9H,5-6,8,10H2,1-4H3/b8-6+;12-9+/t13-;/m0./s1. The van der Waals surface area contributed by atoms with E-state index in [1.807, 2.05) is 13.0 Å². The topological polar surface area (TPSA) is 34.1 Å². The zero-order valence-corrected chi connectivity index (χ0v) is 19.7. The van der Waals surface area contributed by atoms with E-state index in [0.29, 0.717) is 24.7 Å². The molecule has 0 aromatic heterocycles. The molecule has 0 saturated heterocycles. The van der Waals surface area contributed by atoms with E-state index in [0.717, 1.165) is 31.3 Å². The Balaban J connectivity index is 0. The lowest BCUT2D eigenvalue weighted by Gasteiger charge is -2.15. The Hall–Kier alpha value is -1.70. The van der Waals surface area contributed by atoms with Gasteiger partial charge in [0.05, 0.1) is 0 Å². The monoisotopic (exact) mass is 388 g/mol. The van der Waals surface area contributed by atoms with Crippen molar-refractivity contribution in [2.24, 2.45) is 11.8 Å². The Labute approximate surface area is 174 Å². The highest BCUT2D eigenvalue weighted by atomic mass is 16.1. The van der Waals surface area contributed by atoms with Gasteiger partial charge in [-0.05, 0) is 79.1 Å². The molecule has 0 heterocycles. The molecule has 0 aliphatic rings. The van der Waals surface area contributed by atoms with Gasteiger partial charge in [0.25, 0.3) is 0 Å². The maximum atomic E-state index is 10.9. The number of hydrogen-bond donors (Lipinski definition) is 0. The molecule has 0 aromatic rings. The van der Waals surface area contributed by atoms with Crippen LogP contribution in [-0.2, 0) is 9.59 Å². The van der Waals surface area contributed by atoms with Gasteiger partial charge in [-0.2, -0.15) is 0 Å². The fourth-order valence-electron chi connectivity index (χ4n) is 2.52. The van der Waals surface area contributed by atoms with Gasteiger partial charge >= 0.3 is 0 Å². The van der Waals surface area contributed by atoms with Crippen LogP contribution in [-0.4, -0.2) is 11.6 Å². The first-order valence-electron chi connectivity index (χ1n) is 10.6. The van der Waals surface area contributed by atoms with Crippen molar-refractivity contribution in [3.05, 3.63) is 47.6 Å². The van der Waals surface area contributed by atoms with E-state index in [2.05, 4.69) is 59.4 Å². The number of ketones is 2. The normalized spacial score (nSPS) is 12.4. The molecule has 0 amide bonds. The Morgan fingerprint density at radius 2 is 1.36 bits per heavy atom. The Morgan fingerprint density at radius 3 is 1.79 bits per heavy atom. The molecule has 28 heavy (non-hydrogen) atoms. The van der Waals surface area contributed by atoms with Crippen LogP contribution in [0, 0.1) is 11.8 Å².